The molecule has 146 valence electrons. The molecule has 0 aliphatic carbocycles. The lowest BCUT2D eigenvalue weighted by molar-refractivity contribution is 0.404. The molecule has 7 heteroatoms. The van der Waals surface area contributed by atoms with Crippen LogP contribution in [0, 0.1) is 0 Å². The number of benzene rings is 2. The van der Waals surface area contributed by atoms with Crippen LogP contribution in [0.4, 0.5) is 0 Å². The lowest BCUT2D eigenvalue weighted by Gasteiger charge is -2.11. The van der Waals surface area contributed by atoms with Gasteiger partial charge in [0.15, 0.2) is 0 Å². The number of halogens is 1. The zero-order chi connectivity index (χ0) is 20.1. The van der Waals surface area contributed by atoms with E-state index in [1.165, 1.54) is 0 Å². The molecule has 0 spiro atoms. The molecule has 1 heterocycles. The van der Waals surface area contributed by atoms with Crippen LogP contribution in [0.2, 0.25) is 0 Å². The first-order valence-corrected chi connectivity index (χ1v) is 10.5. The Labute approximate surface area is 177 Å². The number of rotatable bonds is 6. The van der Waals surface area contributed by atoms with Crippen molar-refractivity contribution < 1.29 is 9.47 Å². The summed E-state index contributed by atoms with van der Waals surface area (Å²) in [5.74, 6) is 1.52. The Kier molecular flexibility index (Phi) is 6.70. The molecule has 28 heavy (non-hydrogen) atoms. The number of thiazole rings is 1. The molecule has 0 aliphatic heterocycles. The Hall–Kier alpha value is -2.38. The van der Waals surface area contributed by atoms with E-state index in [4.69, 9.17) is 14.6 Å². The molecule has 0 saturated heterocycles. The van der Waals surface area contributed by atoms with Crippen LogP contribution in [0.25, 0.3) is 11.3 Å². The molecule has 0 bridgehead atoms. The molecule has 0 aliphatic rings. The van der Waals surface area contributed by atoms with Gasteiger partial charge < -0.3 is 9.47 Å². The van der Waals surface area contributed by atoms with Crippen molar-refractivity contribution >= 4 is 33.0 Å². The molecular formula is C21H22BrN3O2S. The summed E-state index contributed by atoms with van der Waals surface area (Å²) >= 11 is 5.03. The SMILES string of the molecule is CCN=c1scc(-c2cc(OC)ccc2OC)n1N=C(C)c1ccc(Br)cc1. The van der Waals surface area contributed by atoms with Crippen molar-refractivity contribution in [2.75, 3.05) is 20.8 Å². The van der Waals surface area contributed by atoms with E-state index in [9.17, 15) is 0 Å². The average molecular weight is 460 g/mol. The molecular weight excluding hydrogens is 438 g/mol. The van der Waals surface area contributed by atoms with E-state index in [1.807, 2.05) is 66.4 Å². The van der Waals surface area contributed by atoms with E-state index in [0.717, 1.165) is 43.3 Å². The Balaban J connectivity index is 2.19. The van der Waals surface area contributed by atoms with Gasteiger partial charge in [0.25, 0.3) is 0 Å². The molecule has 0 atom stereocenters. The smallest absolute Gasteiger partial charge is 0.206 e. The van der Waals surface area contributed by atoms with Gasteiger partial charge in [-0.2, -0.15) is 5.10 Å². The van der Waals surface area contributed by atoms with Gasteiger partial charge in [-0.1, -0.05) is 28.1 Å². The minimum Gasteiger partial charge on any atom is -0.497 e. The topological polar surface area (TPSA) is 48.1 Å². The number of ether oxygens (including phenoxy) is 2. The van der Waals surface area contributed by atoms with Gasteiger partial charge in [0.2, 0.25) is 4.80 Å². The minimum atomic E-state index is 0.683. The van der Waals surface area contributed by atoms with Crippen LogP contribution in [0.15, 0.2) is 62.4 Å². The highest BCUT2D eigenvalue weighted by Crippen LogP contribution is 2.33. The van der Waals surface area contributed by atoms with Crippen LogP contribution in [-0.2, 0) is 0 Å². The van der Waals surface area contributed by atoms with Crippen molar-refractivity contribution in [3.63, 3.8) is 0 Å². The van der Waals surface area contributed by atoms with Crippen molar-refractivity contribution in [3.8, 4) is 22.8 Å². The third kappa shape index (κ3) is 4.36. The van der Waals surface area contributed by atoms with Gasteiger partial charge in [-0.05, 0) is 49.7 Å². The molecule has 2 aromatic carbocycles. The molecule has 5 nitrogen and oxygen atoms in total. The Morgan fingerprint density at radius 3 is 2.50 bits per heavy atom. The number of aromatic nitrogens is 1. The van der Waals surface area contributed by atoms with Gasteiger partial charge in [0, 0.05) is 22.0 Å². The Morgan fingerprint density at radius 2 is 1.86 bits per heavy atom. The van der Waals surface area contributed by atoms with E-state index in [-0.39, 0.29) is 0 Å². The Bertz CT molecular complexity index is 1050. The summed E-state index contributed by atoms with van der Waals surface area (Å²) in [5, 5.41) is 6.93. The quantitative estimate of drug-likeness (QED) is 0.476. The molecule has 0 fully saturated rings. The number of hydrogen-bond acceptors (Lipinski definition) is 5. The second-order valence-corrected chi connectivity index (χ2v) is 7.70. The fraction of sp³-hybridized carbons (Fsp3) is 0.238. The highest BCUT2D eigenvalue weighted by Gasteiger charge is 2.14. The second kappa shape index (κ2) is 9.21. The van der Waals surface area contributed by atoms with E-state index >= 15 is 0 Å². The first kappa shape index (κ1) is 20.4. The Morgan fingerprint density at radius 1 is 1.11 bits per heavy atom. The lowest BCUT2D eigenvalue weighted by Crippen LogP contribution is -2.14. The van der Waals surface area contributed by atoms with E-state index in [1.54, 1.807) is 25.6 Å². The van der Waals surface area contributed by atoms with Crippen LogP contribution in [0.5, 0.6) is 11.5 Å². The van der Waals surface area contributed by atoms with E-state index in [2.05, 4.69) is 20.9 Å². The van der Waals surface area contributed by atoms with Crippen LogP contribution >= 0.6 is 27.3 Å². The zero-order valence-electron chi connectivity index (χ0n) is 16.3. The predicted octanol–water partition coefficient (Wildman–Crippen LogP) is 5.19. The van der Waals surface area contributed by atoms with Gasteiger partial charge in [-0.25, -0.2) is 4.68 Å². The predicted molar refractivity (Wildman–Crippen MR) is 119 cm³/mol. The normalized spacial score (nSPS) is 12.3. The standard InChI is InChI=1S/C21H22BrN3O2S/c1-5-23-21-25(24-14(2)15-6-8-16(22)9-7-15)19(13-28-21)18-12-17(26-3)10-11-20(18)27-4/h6-13H,5H2,1-4H3. The maximum atomic E-state index is 5.58. The summed E-state index contributed by atoms with van der Waals surface area (Å²) in [7, 11) is 3.32. The van der Waals surface area contributed by atoms with Crippen molar-refractivity contribution in [1.29, 1.82) is 0 Å². The largest absolute Gasteiger partial charge is 0.497 e. The maximum Gasteiger partial charge on any atom is 0.206 e. The molecule has 0 amide bonds. The summed E-state index contributed by atoms with van der Waals surface area (Å²) in [6, 6.07) is 13.8. The summed E-state index contributed by atoms with van der Waals surface area (Å²) in [6.07, 6.45) is 0. The fourth-order valence-electron chi connectivity index (χ4n) is 2.74. The van der Waals surface area contributed by atoms with Gasteiger partial charge in [0.1, 0.15) is 11.5 Å². The first-order valence-electron chi connectivity index (χ1n) is 8.82. The maximum absolute atomic E-state index is 5.58. The number of nitrogens with zero attached hydrogens (tertiary/aromatic N) is 3. The first-order chi connectivity index (χ1) is 13.6. The summed E-state index contributed by atoms with van der Waals surface area (Å²) in [6.45, 7) is 4.69. The monoisotopic (exact) mass is 459 g/mol. The second-order valence-electron chi connectivity index (χ2n) is 5.95. The van der Waals surface area contributed by atoms with E-state index < -0.39 is 0 Å². The highest BCUT2D eigenvalue weighted by atomic mass is 79.9. The zero-order valence-corrected chi connectivity index (χ0v) is 18.7. The molecule has 0 saturated carbocycles. The van der Waals surface area contributed by atoms with E-state index in [0.29, 0.717) is 6.54 Å². The summed E-state index contributed by atoms with van der Waals surface area (Å²) < 4.78 is 13.9. The van der Waals surface area contributed by atoms with Crippen molar-refractivity contribution in [2.24, 2.45) is 10.1 Å². The molecule has 1 aromatic heterocycles. The van der Waals surface area contributed by atoms with Crippen LogP contribution in [0.1, 0.15) is 19.4 Å². The fourth-order valence-corrected chi connectivity index (χ4v) is 3.89. The van der Waals surface area contributed by atoms with Crippen LogP contribution in [-0.4, -0.2) is 31.2 Å². The van der Waals surface area contributed by atoms with Gasteiger partial charge in [0.05, 0.1) is 25.6 Å². The summed E-state index contributed by atoms with van der Waals surface area (Å²) in [4.78, 5) is 5.44. The van der Waals surface area contributed by atoms with Crippen LogP contribution < -0.4 is 14.3 Å². The van der Waals surface area contributed by atoms with Crippen molar-refractivity contribution in [1.82, 2.24) is 4.68 Å². The summed E-state index contributed by atoms with van der Waals surface area (Å²) in [5.41, 5.74) is 3.76. The van der Waals surface area contributed by atoms with Gasteiger partial charge in [-0.15, -0.1) is 11.3 Å². The molecule has 0 unspecified atom stereocenters. The third-order valence-corrected chi connectivity index (χ3v) is 5.56. The lowest BCUT2D eigenvalue weighted by atomic mass is 10.1. The average Bonchev–Trinajstić information content (AvgIpc) is 3.10. The minimum absolute atomic E-state index is 0.683. The molecule has 0 N–H and O–H groups in total. The molecule has 3 aromatic rings. The highest BCUT2D eigenvalue weighted by molar-refractivity contribution is 9.10. The van der Waals surface area contributed by atoms with Crippen molar-refractivity contribution in [3.05, 3.63) is 62.7 Å². The number of methoxy groups -OCH3 is 2. The number of hydrogen-bond donors (Lipinski definition) is 0. The van der Waals surface area contributed by atoms with Crippen molar-refractivity contribution in [2.45, 2.75) is 13.8 Å². The van der Waals surface area contributed by atoms with Crippen LogP contribution in [0.3, 0.4) is 0 Å². The molecule has 0 radical (unpaired) electrons. The molecule has 3 rings (SSSR count). The van der Waals surface area contributed by atoms with Gasteiger partial charge >= 0.3 is 0 Å². The third-order valence-electron chi connectivity index (χ3n) is 4.17. The van der Waals surface area contributed by atoms with Gasteiger partial charge in [-0.3, -0.25) is 4.99 Å².